The van der Waals surface area contributed by atoms with E-state index in [1.54, 1.807) is 11.3 Å². The van der Waals surface area contributed by atoms with Crippen molar-refractivity contribution in [2.24, 2.45) is 0 Å². The van der Waals surface area contributed by atoms with Crippen molar-refractivity contribution in [2.45, 2.75) is 57.9 Å². The molecule has 1 aliphatic rings. The standard InChI is InChI=1S/C12H21N3S/c1-3-13-9-10-14-15-11(16-10)12(2)7-5-4-6-8-12/h13H,3-9H2,1-2H3. The normalized spacial score (nSPS) is 19.9. The van der Waals surface area contributed by atoms with Crippen LogP contribution in [0.2, 0.25) is 0 Å². The molecule has 1 aliphatic carbocycles. The SMILES string of the molecule is CCNCc1nnc(C2(C)CCCCC2)s1. The molecule has 0 saturated heterocycles. The van der Waals surface area contributed by atoms with Crippen molar-refractivity contribution in [3.8, 4) is 0 Å². The van der Waals surface area contributed by atoms with Crippen LogP contribution in [0.4, 0.5) is 0 Å². The second-order valence-electron chi connectivity index (χ2n) is 4.90. The third kappa shape index (κ3) is 2.61. The van der Waals surface area contributed by atoms with Crippen LogP contribution >= 0.6 is 11.3 Å². The van der Waals surface area contributed by atoms with Gasteiger partial charge in [-0.25, -0.2) is 0 Å². The molecule has 0 aliphatic heterocycles. The van der Waals surface area contributed by atoms with E-state index in [1.165, 1.54) is 37.1 Å². The molecule has 1 fully saturated rings. The first-order valence-electron chi connectivity index (χ1n) is 6.28. The van der Waals surface area contributed by atoms with E-state index >= 15 is 0 Å². The van der Waals surface area contributed by atoms with Gasteiger partial charge in [-0.3, -0.25) is 0 Å². The van der Waals surface area contributed by atoms with Gasteiger partial charge in [-0.05, 0) is 19.4 Å². The maximum atomic E-state index is 4.39. The number of nitrogens with one attached hydrogen (secondary N) is 1. The number of hydrogen-bond acceptors (Lipinski definition) is 4. The van der Waals surface area contributed by atoms with Gasteiger partial charge >= 0.3 is 0 Å². The van der Waals surface area contributed by atoms with Crippen LogP contribution in [0.25, 0.3) is 0 Å². The summed E-state index contributed by atoms with van der Waals surface area (Å²) in [4.78, 5) is 0. The van der Waals surface area contributed by atoms with Crippen molar-refractivity contribution in [1.29, 1.82) is 0 Å². The summed E-state index contributed by atoms with van der Waals surface area (Å²) in [5.74, 6) is 0. The van der Waals surface area contributed by atoms with Gasteiger partial charge in [0.25, 0.3) is 0 Å². The number of nitrogens with zero attached hydrogens (tertiary/aromatic N) is 2. The molecular weight excluding hydrogens is 218 g/mol. The van der Waals surface area contributed by atoms with Crippen molar-refractivity contribution < 1.29 is 0 Å². The monoisotopic (exact) mass is 239 g/mol. The van der Waals surface area contributed by atoms with Crippen molar-refractivity contribution in [3.05, 3.63) is 10.0 Å². The average molecular weight is 239 g/mol. The van der Waals surface area contributed by atoms with E-state index in [2.05, 4.69) is 29.4 Å². The molecule has 0 bridgehead atoms. The van der Waals surface area contributed by atoms with Crippen molar-refractivity contribution in [1.82, 2.24) is 15.5 Å². The van der Waals surface area contributed by atoms with Crippen LogP contribution in [0, 0.1) is 0 Å². The molecule has 1 saturated carbocycles. The number of rotatable bonds is 4. The molecule has 1 aromatic rings. The predicted octanol–water partition coefficient (Wildman–Crippen LogP) is 2.87. The van der Waals surface area contributed by atoms with Gasteiger partial charge in [0.05, 0.1) is 0 Å². The fraction of sp³-hybridized carbons (Fsp3) is 0.833. The molecule has 1 aromatic heterocycles. The Hall–Kier alpha value is -0.480. The Labute approximate surface area is 102 Å². The minimum atomic E-state index is 0.306. The lowest BCUT2D eigenvalue weighted by atomic mass is 9.76. The van der Waals surface area contributed by atoms with Gasteiger partial charge in [-0.2, -0.15) is 0 Å². The third-order valence-corrected chi connectivity index (χ3v) is 4.70. The lowest BCUT2D eigenvalue weighted by Gasteiger charge is -2.30. The Morgan fingerprint density at radius 2 is 2.00 bits per heavy atom. The number of aromatic nitrogens is 2. The molecule has 0 radical (unpaired) electrons. The maximum Gasteiger partial charge on any atom is 0.131 e. The van der Waals surface area contributed by atoms with Gasteiger partial charge in [0, 0.05) is 12.0 Å². The first kappa shape index (κ1) is 12.0. The summed E-state index contributed by atoms with van der Waals surface area (Å²) in [5, 5.41) is 14.4. The van der Waals surface area contributed by atoms with E-state index in [0.29, 0.717) is 5.41 Å². The Kier molecular flexibility index (Phi) is 3.92. The third-order valence-electron chi connectivity index (χ3n) is 3.47. The molecule has 0 unspecified atom stereocenters. The van der Waals surface area contributed by atoms with E-state index in [4.69, 9.17) is 0 Å². The smallest absolute Gasteiger partial charge is 0.131 e. The van der Waals surface area contributed by atoms with Gasteiger partial charge in [-0.15, -0.1) is 10.2 Å². The van der Waals surface area contributed by atoms with E-state index in [-0.39, 0.29) is 0 Å². The van der Waals surface area contributed by atoms with E-state index in [0.717, 1.165) is 18.1 Å². The van der Waals surface area contributed by atoms with Crippen molar-refractivity contribution >= 4 is 11.3 Å². The largest absolute Gasteiger partial charge is 0.311 e. The highest BCUT2D eigenvalue weighted by Gasteiger charge is 2.32. The molecule has 4 heteroatoms. The fourth-order valence-electron chi connectivity index (χ4n) is 2.35. The molecule has 3 nitrogen and oxygen atoms in total. The van der Waals surface area contributed by atoms with Crippen LogP contribution in [0.15, 0.2) is 0 Å². The summed E-state index contributed by atoms with van der Waals surface area (Å²) in [6, 6.07) is 0. The highest BCUT2D eigenvalue weighted by Crippen LogP contribution is 2.39. The van der Waals surface area contributed by atoms with Crippen LogP contribution in [0.1, 0.15) is 56.0 Å². The minimum Gasteiger partial charge on any atom is -0.311 e. The molecule has 2 rings (SSSR count). The maximum absolute atomic E-state index is 4.39. The Morgan fingerprint density at radius 3 is 2.69 bits per heavy atom. The van der Waals surface area contributed by atoms with Gasteiger partial charge < -0.3 is 5.32 Å². The van der Waals surface area contributed by atoms with Gasteiger partial charge in [0.15, 0.2) is 0 Å². The second kappa shape index (κ2) is 5.23. The van der Waals surface area contributed by atoms with Crippen molar-refractivity contribution in [3.63, 3.8) is 0 Å². The lowest BCUT2D eigenvalue weighted by Crippen LogP contribution is -2.24. The second-order valence-corrected chi connectivity index (χ2v) is 5.96. The zero-order valence-corrected chi connectivity index (χ0v) is 11.1. The Morgan fingerprint density at radius 1 is 1.25 bits per heavy atom. The topological polar surface area (TPSA) is 37.8 Å². The van der Waals surface area contributed by atoms with Crippen LogP contribution in [0.3, 0.4) is 0 Å². The van der Waals surface area contributed by atoms with Crippen molar-refractivity contribution in [2.75, 3.05) is 6.54 Å². The molecular formula is C12H21N3S. The summed E-state index contributed by atoms with van der Waals surface area (Å²) in [7, 11) is 0. The lowest BCUT2D eigenvalue weighted by molar-refractivity contribution is 0.317. The van der Waals surface area contributed by atoms with Crippen LogP contribution in [0.5, 0.6) is 0 Å². The molecule has 0 aromatic carbocycles. The van der Waals surface area contributed by atoms with Crippen LogP contribution in [-0.4, -0.2) is 16.7 Å². The molecule has 1 heterocycles. The summed E-state index contributed by atoms with van der Waals surface area (Å²) in [6.45, 7) is 6.32. The van der Waals surface area contributed by atoms with Gasteiger partial charge in [0.1, 0.15) is 10.0 Å². The average Bonchev–Trinajstić information content (AvgIpc) is 2.77. The van der Waals surface area contributed by atoms with E-state index in [1.807, 2.05) is 0 Å². The predicted molar refractivity (Wildman–Crippen MR) is 67.7 cm³/mol. The molecule has 90 valence electrons. The summed E-state index contributed by atoms with van der Waals surface area (Å²) >= 11 is 1.79. The van der Waals surface area contributed by atoms with E-state index < -0.39 is 0 Å². The number of hydrogen-bond donors (Lipinski definition) is 1. The molecule has 1 N–H and O–H groups in total. The Balaban J connectivity index is 2.05. The highest BCUT2D eigenvalue weighted by molar-refractivity contribution is 7.11. The Bertz CT molecular complexity index is 329. The van der Waals surface area contributed by atoms with E-state index in [9.17, 15) is 0 Å². The minimum absolute atomic E-state index is 0.306. The first-order valence-corrected chi connectivity index (χ1v) is 7.10. The molecule has 0 amide bonds. The van der Waals surface area contributed by atoms with Crippen LogP contribution in [-0.2, 0) is 12.0 Å². The summed E-state index contributed by atoms with van der Waals surface area (Å²) in [6.07, 6.45) is 6.64. The highest BCUT2D eigenvalue weighted by atomic mass is 32.1. The van der Waals surface area contributed by atoms with Crippen LogP contribution < -0.4 is 5.32 Å². The fourth-order valence-corrected chi connectivity index (χ4v) is 3.36. The first-order chi connectivity index (χ1) is 7.74. The molecule has 0 spiro atoms. The summed E-state index contributed by atoms with van der Waals surface area (Å²) in [5.41, 5.74) is 0.306. The zero-order chi connectivity index (χ0) is 11.4. The molecule has 16 heavy (non-hydrogen) atoms. The molecule has 0 atom stereocenters. The summed E-state index contributed by atoms with van der Waals surface area (Å²) < 4.78 is 0. The van der Waals surface area contributed by atoms with Gasteiger partial charge in [0.2, 0.25) is 0 Å². The zero-order valence-electron chi connectivity index (χ0n) is 10.3. The quantitative estimate of drug-likeness (QED) is 0.878. The van der Waals surface area contributed by atoms with Gasteiger partial charge in [-0.1, -0.05) is 44.4 Å².